The summed E-state index contributed by atoms with van der Waals surface area (Å²) in [4.78, 5) is 6.35. The Kier molecular flexibility index (Phi) is 2.70. The summed E-state index contributed by atoms with van der Waals surface area (Å²) in [6.07, 6.45) is 1.40. The molecule has 0 radical (unpaired) electrons. The van der Waals surface area contributed by atoms with Crippen molar-refractivity contribution >= 4 is 33.2 Å². The number of hydrogen-bond acceptors (Lipinski definition) is 2. The first kappa shape index (κ1) is 8.33. The predicted octanol–water partition coefficient (Wildman–Crippen LogP) is 3.44. The number of azide groups is 1. The van der Waals surface area contributed by atoms with Crippen molar-refractivity contribution in [3.63, 3.8) is 0 Å². The van der Waals surface area contributed by atoms with Crippen molar-refractivity contribution < 1.29 is 0 Å². The van der Waals surface area contributed by atoms with Crippen molar-refractivity contribution in [1.82, 2.24) is 4.98 Å². The molecule has 1 heterocycles. The molecule has 0 unspecified atom stereocenters. The van der Waals surface area contributed by atoms with Gasteiger partial charge in [-0.05, 0) is 27.5 Å². The molecule has 0 saturated heterocycles. The minimum Gasteiger partial charge on any atom is -0.243 e. The highest BCUT2D eigenvalue weighted by Gasteiger charge is 1.97. The van der Waals surface area contributed by atoms with E-state index in [1.54, 1.807) is 6.07 Å². The van der Waals surface area contributed by atoms with Crippen LogP contribution in [0.5, 0.6) is 0 Å². The van der Waals surface area contributed by atoms with Gasteiger partial charge in [0.15, 0.2) is 0 Å². The summed E-state index contributed by atoms with van der Waals surface area (Å²) in [6, 6.07) is 1.59. The SMILES string of the molecule is [N-]=[N+]=Nc1cnc(Cl)c(Br)c1. The molecule has 0 aliphatic rings. The Hall–Kier alpha value is -0.770. The van der Waals surface area contributed by atoms with Crippen LogP contribution in [-0.4, -0.2) is 4.98 Å². The van der Waals surface area contributed by atoms with Gasteiger partial charge < -0.3 is 0 Å². The Balaban J connectivity index is 3.14. The molecule has 4 nitrogen and oxygen atoms in total. The zero-order valence-electron chi connectivity index (χ0n) is 5.20. The summed E-state index contributed by atoms with van der Waals surface area (Å²) >= 11 is 8.73. The fourth-order valence-electron chi connectivity index (χ4n) is 0.517. The summed E-state index contributed by atoms with van der Waals surface area (Å²) in [5.74, 6) is 0. The Morgan fingerprint density at radius 1 is 1.73 bits per heavy atom. The van der Waals surface area contributed by atoms with Crippen LogP contribution in [0.3, 0.4) is 0 Å². The molecule has 0 saturated carbocycles. The molecule has 1 aromatic heterocycles. The van der Waals surface area contributed by atoms with Crippen molar-refractivity contribution in [2.24, 2.45) is 5.11 Å². The van der Waals surface area contributed by atoms with Crippen molar-refractivity contribution in [3.05, 3.63) is 32.3 Å². The van der Waals surface area contributed by atoms with Crippen LogP contribution in [0.4, 0.5) is 5.69 Å². The molecule has 1 aromatic rings. The van der Waals surface area contributed by atoms with Crippen molar-refractivity contribution in [2.75, 3.05) is 0 Å². The van der Waals surface area contributed by atoms with Crippen LogP contribution in [0.2, 0.25) is 5.15 Å². The maximum absolute atomic E-state index is 8.06. The summed E-state index contributed by atoms with van der Waals surface area (Å²) < 4.78 is 0.615. The number of rotatable bonds is 1. The lowest BCUT2D eigenvalue weighted by Gasteiger charge is -1.93. The quantitative estimate of drug-likeness (QED) is 0.317. The summed E-state index contributed by atoms with van der Waals surface area (Å²) in [5, 5.41) is 3.69. The summed E-state index contributed by atoms with van der Waals surface area (Å²) in [6.45, 7) is 0. The van der Waals surface area contributed by atoms with Crippen LogP contribution in [0.1, 0.15) is 0 Å². The van der Waals surface area contributed by atoms with E-state index < -0.39 is 0 Å². The second kappa shape index (κ2) is 3.57. The fourth-order valence-corrected chi connectivity index (χ4v) is 0.958. The first-order valence-corrected chi connectivity index (χ1v) is 3.77. The third-order valence-corrected chi connectivity index (χ3v) is 2.08. The maximum Gasteiger partial charge on any atom is 0.143 e. The van der Waals surface area contributed by atoms with E-state index in [1.807, 2.05) is 0 Å². The van der Waals surface area contributed by atoms with Crippen molar-refractivity contribution in [3.8, 4) is 0 Å². The van der Waals surface area contributed by atoms with E-state index in [4.69, 9.17) is 17.1 Å². The highest BCUT2D eigenvalue weighted by molar-refractivity contribution is 9.10. The Morgan fingerprint density at radius 2 is 2.45 bits per heavy atom. The molecule has 0 aliphatic carbocycles. The molecule has 0 amide bonds. The summed E-state index contributed by atoms with van der Waals surface area (Å²) in [5.41, 5.74) is 8.50. The molecule has 56 valence electrons. The smallest absolute Gasteiger partial charge is 0.143 e. The molecule has 0 fully saturated rings. The average Bonchev–Trinajstić information content (AvgIpc) is 1.98. The first-order chi connectivity index (χ1) is 5.24. The molecule has 0 N–H and O–H groups in total. The molecule has 0 bridgehead atoms. The zero-order chi connectivity index (χ0) is 8.27. The van der Waals surface area contributed by atoms with E-state index >= 15 is 0 Å². The molecule has 0 spiro atoms. The van der Waals surface area contributed by atoms with Crippen LogP contribution in [0.15, 0.2) is 21.9 Å². The van der Waals surface area contributed by atoms with E-state index in [-0.39, 0.29) is 0 Å². The van der Waals surface area contributed by atoms with Gasteiger partial charge in [-0.3, -0.25) is 0 Å². The minimum absolute atomic E-state index is 0.349. The lowest BCUT2D eigenvalue weighted by atomic mass is 10.4. The normalized spacial score (nSPS) is 8.91. The van der Waals surface area contributed by atoms with Crippen LogP contribution in [-0.2, 0) is 0 Å². The van der Waals surface area contributed by atoms with Gasteiger partial charge in [0.05, 0.1) is 10.2 Å². The monoisotopic (exact) mass is 232 g/mol. The van der Waals surface area contributed by atoms with Crippen LogP contribution in [0.25, 0.3) is 10.4 Å². The standard InChI is InChI=1S/C5H2BrClN4/c6-4-1-3(10-11-8)2-9-5(4)7/h1-2H. The van der Waals surface area contributed by atoms with Crippen LogP contribution in [0, 0.1) is 0 Å². The lowest BCUT2D eigenvalue weighted by molar-refractivity contribution is 1.28. The van der Waals surface area contributed by atoms with Gasteiger partial charge in [-0.25, -0.2) is 4.98 Å². The topological polar surface area (TPSA) is 61.7 Å². The molecule has 11 heavy (non-hydrogen) atoms. The molecular formula is C5H2BrClN4. The van der Waals surface area contributed by atoms with E-state index in [0.29, 0.717) is 15.3 Å². The lowest BCUT2D eigenvalue weighted by Crippen LogP contribution is -1.74. The first-order valence-electron chi connectivity index (χ1n) is 2.60. The molecule has 0 atom stereocenters. The highest BCUT2D eigenvalue weighted by atomic mass is 79.9. The van der Waals surface area contributed by atoms with Gasteiger partial charge in [0.2, 0.25) is 0 Å². The Morgan fingerprint density at radius 3 is 3.00 bits per heavy atom. The van der Waals surface area contributed by atoms with Gasteiger partial charge in [0.1, 0.15) is 5.15 Å². The number of pyridine rings is 1. The minimum atomic E-state index is 0.349. The zero-order valence-corrected chi connectivity index (χ0v) is 7.54. The fraction of sp³-hybridized carbons (Fsp3) is 0. The summed E-state index contributed by atoms with van der Waals surface area (Å²) in [7, 11) is 0. The van der Waals surface area contributed by atoms with Crippen molar-refractivity contribution in [1.29, 1.82) is 0 Å². The van der Waals surface area contributed by atoms with Gasteiger partial charge in [-0.1, -0.05) is 16.7 Å². The molecular weight excluding hydrogens is 231 g/mol. The number of hydrogen-bond donors (Lipinski definition) is 0. The number of halogens is 2. The number of nitrogens with zero attached hydrogens (tertiary/aromatic N) is 4. The van der Waals surface area contributed by atoms with Gasteiger partial charge in [0.25, 0.3) is 0 Å². The average molecular weight is 233 g/mol. The van der Waals surface area contributed by atoms with Gasteiger partial charge >= 0.3 is 0 Å². The van der Waals surface area contributed by atoms with Crippen molar-refractivity contribution in [2.45, 2.75) is 0 Å². The van der Waals surface area contributed by atoms with Gasteiger partial charge in [-0.2, -0.15) is 0 Å². The Bertz CT molecular complexity index is 320. The third-order valence-electron chi connectivity index (χ3n) is 0.942. The van der Waals surface area contributed by atoms with Gasteiger partial charge in [0, 0.05) is 11.1 Å². The van der Waals surface area contributed by atoms with E-state index in [0.717, 1.165) is 0 Å². The molecule has 0 aromatic carbocycles. The molecule has 0 aliphatic heterocycles. The Labute approximate surface area is 76.0 Å². The predicted molar refractivity (Wildman–Crippen MR) is 45.8 cm³/mol. The van der Waals surface area contributed by atoms with Gasteiger partial charge in [-0.15, -0.1) is 0 Å². The largest absolute Gasteiger partial charge is 0.243 e. The van der Waals surface area contributed by atoms with Crippen LogP contribution < -0.4 is 0 Å². The third kappa shape index (κ3) is 2.08. The maximum atomic E-state index is 8.06. The van der Waals surface area contributed by atoms with Crippen LogP contribution >= 0.6 is 27.5 Å². The molecule has 1 rings (SSSR count). The van der Waals surface area contributed by atoms with E-state index in [9.17, 15) is 0 Å². The highest BCUT2D eigenvalue weighted by Crippen LogP contribution is 2.24. The second-order valence-electron chi connectivity index (χ2n) is 1.66. The van der Waals surface area contributed by atoms with E-state index in [1.165, 1.54) is 6.20 Å². The van der Waals surface area contributed by atoms with E-state index in [2.05, 4.69) is 30.9 Å². The number of aromatic nitrogens is 1. The molecule has 6 heteroatoms. The second-order valence-corrected chi connectivity index (χ2v) is 2.87.